The molecule has 0 aliphatic carbocycles. The van der Waals surface area contributed by atoms with Gasteiger partial charge in [0, 0.05) is 24.1 Å². The van der Waals surface area contributed by atoms with E-state index in [1.807, 2.05) is 32.0 Å². The van der Waals surface area contributed by atoms with Gasteiger partial charge in [0.2, 0.25) is 11.8 Å². The van der Waals surface area contributed by atoms with E-state index >= 15 is 0 Å². The molecule has 0 unspecified atom stereocenters. The number of halogens is 1. The van der Waals surface area contributed by atoms with Crippen molar-refractivity contribution in [3.63, 3.8) is 0 Å². The molecule has 10 heteroatoms. The number of hydrogen-bond acceptors (Lipinski definition) is 5. The second-order valence-corrected chi connectivity index (χ2v) is 8.24. The van der Waals surface area contributed by atoms with Gasteiger partial charge in [-0.25, -0.2) is 0 Å². The highest BCUT2D eigenvalue weighted by atomic mass is 127. The lowest BCUT2D eigenvalue weighted by atomic mass is 10.1. The smallest absolute Gasteiger partial charge is 0.257 e. The molecule has 2 rings (SSSR count). The topological polar surface area (TPSA) is 109 Å². The molecule has 0 atom stereocenters. The van der Waals surface area contributed by atoms with Crippen molar-refractivity contribution >= 4 is 63.3 Å². The average Bonchev–Trinajstić information content (AvgIpc) is 2.72. The Hall–Kier alpha value is -2.73. The summed E-state index contributed by atoms with van der Waals surface area (Å²) < 4.78 is 5.93. The summed E-state index contributed by atoms with van der Waals surface area (Å²) >= 11 is 7.07. The van der Waals surface area contributed by atoms with Crippen LogP contribution in [0.2, 0.25) is 0 Å². The van der Waals surface area contributed by atoms with Gasteiger partial charge in [0.25, 0.3) is 5.91 Å². The van der Waals surface area contributed by atoms with E-state index in [4.69, 9.17) is 17.0 Å². The van der Waals surface area contributed by atoms with Gasteiger partial charge in [-0.3, -0.25) is 30.6 Å². The Morgan fingerprint density at radius 1 is 1.00 bits per heavy atom. The Labute approximate surface area is 199 Å². The van der Waals surface area contributed by atoms with Crippen molar-refractivity contribution in [2.45, 2.75) is 26.7 Å². The molecule has 0 bridgehead atoms. The lowest BCUT2D eigenvalue weighted by molar-refractivity contribution is -0.124. The molecular formula is C21H23IN4O4S. The number of anilines is 1. The van der Waals surface area contributed by atoms with E-state index in [1.54, 1.807) is 25.3 Å². The van der Waals surface area contributed by atoms with Crippen LogP contribution in [0.5, 0.6) is 5.75 Å². The Morgan fingerprint density at radius 3 is 2.35 bits per heavy atom. The molecule has 4 N–H and O–H groups in total. The average molecular weight is 554 g/mol. The predicted molar refractivity (Wildman–Crippen MR) is 131 cm³/mol. The van der Waals surface area contributed by atoms with Crippen LogP contribution in [0.15, 0.2) is 36.4 Å². The van der Waals surface area contributed by atoms with Crippen LogP contribution in [0, 0.1) is 17.4 Å². The van der Waals surface area contributed by atoms with Crippen molar-refractivity contribution in [1.82, 2.24) is 16.2 Å². The highest BCUT2D eigenvalue weighted by molar-refractivity contribution is 14.1. The van der Waals surface area contributed by atoms with E-state index in [1.165, 1.54) is 0 Å². The number of amides is 3. The summed E-state index contributed by atoms with van der Waals surface area (Å²) in [5.74, 6) is -0.481. The first-order valence-electron chi connectivity index (χ1n) is 9.30. The first kappa shape index (κ1) is 24.5. The molecule has 0 fully saturated rings. The second kappa shape index (κ2) is 11.6. The molecule has 0 heterocycles. The summed E-state index contributed by atoms with van der Waals surface area (Å²) in [6.07, 6.45) is -0.0405. The molecule has 0 spiro atoms. The van der Waals surface area contributed by atoms with E-state index in [-0.39, 0.29) is 23.9 Å². The molecule has 0 aromatic heterocycles. The summed E-state index contributed by atoms with van der Waals surface area (Å²) in [5.41, 5.74) is 7.97. The molecule has 2 aromatic carbocycles. The van der Waals surface area contributed by atoms with Gasteiger partial charge in [0.1, 0.15) is 5.75 Å². The first-order valence-corrected chi connectivity index (χ1v) is 10.8. The normalized spacial score (nSPS) is 10.1. The van der Waals surface area contributed by atoms with Crippen LogP contribution in [0.1, 0.15) is 34.3 Å². The minimum absolute atomic E-state index is 0.00420. The number of methoxy groups -OCH3 is 1. The lowest BCUT2D eigenvalue weighted by Gasteiger charge is -2.12. The first-order chi connectivity index (χ1) is 14.7. The van der Waals surface area contributed by atoms with Gasteiger partial charge in [-0.2, -0.15) is 0 Å². The number of benzene rings is 2. The number of ether oxygens (including phenoxy) is 1. The van der Waals surface area contributed by atoms with E-state index in [2.05, 4.69) is 44.1 Å². The third kappa shape index (κ3) is 7.79. The maximum Gasteiger partial charge on any atom is 0.257 e. The number of hydrogen-bond donors (Lipinski definition) is 4. The van der Waals surface area contributed by atoms with Crippen LogP contribution in [0.4, 0.5) is 5.69 Å². The molecule has 31 heavy (non-hydrogen) atoms. The fourth-order valence-corrected chi connectivity index (χ4v) is 3.48. The van der Waals surface area contributed by atoms with Crippen LogP contribution >= 0.6 is 34.8 Å². The molecule has 2 aromatic rings. The Balaban J connectivity index is 1.73. The van der Waals surface area contributed by atoms with Gasteiger partial charge in [-0.15, -0.1) is 0 Å². The third-order valence-corrected chi connectivity index (χ3v) is 5.24. The Morgan fingerprint density at radius 2 is 1.71 bits per heavy atom. The van der Waals surface area contributed by atoms with Gasteiger partial charge in [-0.1, -0.05) is 17.7 Å². The van der Waals surface area contributed by atoms with Crippen molar-refractivity contribution < 1.29 is 19.1 Å². The summed E-state index contributed by atoms with van der Waals surface area (Å²) in [4.78, 5) is 36.3. The van der Waals surface area contributed by atoms with Gasteiger partial charge in [0.05, 0.1) is 10.7 Å². The molecule has 0 aliphatic rings. The van der Waals surface area contributed by atoms with Gasteiger partial charge >= 0.3 is 0 Å². The standard InChI is InChI=1S/C21H23IN4O4S/c1-12-4-6-16(13(2)10-12)23-18(27)8-9-19(28)25-26-21(31)24-20(29)14-5-7-17(30-3)15(22)11-14/h4-7,10-11H,8-9H2,1-3H3,(H,23,27)(H,25,28)(H2,24,26,29,31). The molecular weight excluding hydrogens is 531 g/mol. The van der Waals surface area contributed by atoms with Crippen LogP contribution in [0.3, 0.4) is 0 Å². The van der Waals surface area contributed by atoms with Crippen molar-refractivity contribution in [2.24, 2.45) is 0 Å². The highest BCUT2D eigenvalue weighted by Gasteiger charge is 2.12. The van der Waals surface area contributed by atoms with E-state index < -0.39 is 11.8 Å². The zero-order valence-corrected chi connectivity index (χ0v) is 20.3. The third-order valence-electron chi connectivity index (χ3n) is 4.19. The van der Waals surface area contributed by atoms with Crippen LogP contribution < -0.4 is 26.2 Å². The minimum Gasteiger partial charge on any atom is -0.496 e. The SMILES string of the molecule is COc1ccc(C(=O)NC(=S)NNC(=O)CCC(=O)Nc2ccc(C)cc2C)cc1I. The maximum absolute atomic E-state index is 12.2. The number of nitrogens with one attached hydrogen (secondary N) is 4. The van der Waals surface area contributed by atoms with E-state index in [9.17, 15) is 14.4 Å². The van der Waals surface area contributed by atoms with Crippen molar-refractivity contribution in [1.29, 1.82) is 0 Å². The molecule has 0 radical (unpaired) electrons. The number of hydrazine groups is 1. The lowest BCUT2D eigenvalue weighted by Crippen LogP contribution is -2.48. The zero-order chi connectivity index (χ0) is 23.0. The van der Waals surface area contributed by atoms with Crippen molar-refractivity contribution in [3.8, 4) is 5.75 Å². The monoisotopic (exact) mass is 554 g/mol. The van der Waals surface area contributed by atoms with E-state index in [0.29, 0.717) is 17.0 Å². The summed E-state index contributed by atoms with van der Waals surface area (Å²) in [5, 5.41) is 5.18. The number of rotatable bonds is 6. The number of carbonyl (C=O) groups is 3. The quantitative estimate of drug-likeness (QED) is 0.249. The number of thiocarbonyl (C=S) groups is 1. The van der Waals surface area contributed by atoms with Crippen LogP contribution in [-0.4, -0.2) is 29.9 Å². The van der Waals surface area contributed by atoms with Gasteiger partial charge in [0.15, 0.2) is 5.11 Å². The number of aryl methyl sites for hydroxylation is 2. The van der Waals surface area contributed by atoms with Crippen LogP contribution in [0.25, 0.3) is 0 Å². The fourth-order valence-electron chi connectivity index (χ4n) is 2.60. The second-order valence-electron chi connectivity index (χ2n) is 6.67. The molecule has 0 saturated heterocycles. The van der Waals surface area contributed by atoms with Crippen molar-refractivity contribution in [2.75, 3.05) is 12.4 Å². The number of carbonyl (C=O) groups excluding carboxylic acids is 3. The Bertz CT molecular complexity index is 1010. The molecule has 164 valence electrons. The van der Waals surface area contributed by atoms with Crippen molar-refractivity contribution in [3.05, 3.63) is 56.7 Å². The summed E-state index contributed by atoms with van der Waals surface area (Å²) in [7, 11) is 1.55. The van der Waals surface area contributed by atoms with E-state index in [0.717, 1.165) is 14.7 Å². The largest absolute Gasteiger partial charge is 0.496 e. The van der Waals surface area contributed by atoms with Gasteiger partial charge < -0.3 is 10.1 Å². The molecule has 0 aliphatic heterocycles. The molecule has 0 saturated carbocycles. The Kier molecular flexibility index (Phi) is 9.19. The maximum atomic E-state index is 12.2. The van der Waals surface area contributed by atoms with Gasteiger partial charge in [-0.05, 0) is 78.5 Å². The molecule has 3 amide bonds. The minimum atomic E-state index is -0.439. The highest BCUT2D eigenvalue weighted by Crippen LogP contribution is 2.21. The van der Waals surface area contributed by atoms with Crippen LogP contribution in [-0.2, 0) is 9.59 Å². The fraction of sp³-hybridized carbons (Fsp3) is 0.238. The summed E-state index contributed by atoms with van der Waals surface area (Å²) in [6, 6.07) is 10.6. The zero-order valence-electron chi connectivity index (χ0n) is 17.3. The predicted octanol–water partition coefficient (Wildman–Crippen LogP) is 2.97. The molecule has 8 nitrogen and oxygen atoms in total. The summed E-state index contributed by atoms with van der Waals surface area (Å²) in [6.45, 7) is 3.88.